The molecule has 0 aromatic heterocycles. The van der Waals surface area contributed by atoms with Crippen LogP contribution in [0.1, 0.15) is 36.0 Å². The number of nitrogens with one attached hydrogen (secondary N) is 1. The van der Waals surface area contributed by atoms with Crippen molar-refractivity contribution in [3.63, 3.8) is 0 Å². The van der Waals surface area contributed by atoms with Crippen LogP contribution in [0.5, 0.6) is 5.75 Å². The van der Waals surface area contributed by atoms with Gasteiger partial charge in [-0.1, -0.05) is 25.0 Å². The van der Waals surface area contributed by atoms with Crippen LogP contribution < -0.4 is 10.1 Å². The Balaban J connectivity index is 1.89. The maximum absolute atomic E-state index is 12.3. The first-order valence-electron chi connectivity index (χ1n) is 7.93. The molecule has 0 aliphatic carbocycles. The van der Waals surface area contributed by atoms with Gasteiger partial charge in [0.05, 0.1) is 18.4 Å². The van der Waals surface area contributed by atoms with Crippen molar-refractivity contribution in [2.45, 2.75) is 25.7 Å². The Hall–Kier alpha value is -1.60. The number of hydrogen-bond donors (Lipinski definition) is 1. The van der Waals surface area contributed by atoms with Crippen LogP contribution in [0.15, 0.2) is 24.3 Å². The van der Waals surface area contributed by atoms with Crippen molar-refractivity contribution in [1.29, 1.82) is 0 Å². The summed E-state index contributed by atoms with van der Waals surface area (Å²) in [4.78, 5) is 12.1. The van der Waals surface area contributed by atoms with Gasteiger partial charge in [-0.25, -0.2) is 12.7 Å². The highest BCUT2D eigenvalue weighted by atomic mass is 32.2. The fraction of sp³-hybridized carbons (Fsp3) is 0.562. The average molecular weight is 340 g/mol. The van der Waals surface area contributed by atoms with Crippen LogP contribution >= 0.6 is 0 Å². The molecule has 1 saturated heterocycles. The molecule has 0 atom stereocenters. The predicted molar refractivity (Wildman–Crippen MR) is 89.2 cm³/mol. The van der Waals surface area contributed by atoms with Gasteiger partial charge in [0.15, 0.2) is 0 Å². The normalized spacial score (nSPS) is 16.6. The smallest absolute Gasteiger partial charge is 0.255 e. The van der Waals surface area contributed by atoms with E-state index in [0.717, 1.165) is 25.7 Å². The van der Waals surface area contributed by atoms with Crippen molar-refractivity contribution >= 4 is 15.9 Å². The quantitative estimate of drug-likeness (QED) is 0.854. The zero-order valence-electron chi connectivity index (χ0n) is 13.5. The second-order valence-corrected chi connectivity index (χ2v) is 7.67. The monoisotopic (exact) mass is 340 g/mol. The van der Waals surface area contributed by atoms with Crippen LogP contribution in [0.25, 0.3) is 0 Å². The average Bonchev–Trinajstić information content (AvgIpc) is 2.84. The Morgan fingerprint density at radius 3 is 2.48 bits per heavy atom. The van der Waals surface area contributed by atoms with E-state index >= 15 is 0 Å². The lowest BCUT2D eigenvalue weighted by atomic mass is 10.2. The van der Waals surface area contributed by atoms with E-state index in [1.807, 2.05) is 0 Å². The molecular formula is C16H24N2O4S. The van der Waals surface area contributed by atoms with Gasteiger partial charge in [0, 0.05) is 19.6 Å². The number of hydrogen-bond acceptors (Lipinski definition) is 4. The molecule has 1 fully saturated rings. The number of rotatable bonds is 6. The van der Waals surface area contributed by atoms with E-state index in [9.17, 15) is 13.2 Å². The number of sulfonamides is 1. The molecule has 0 unspecified atom stereocenters. The van der Waals surface area contributed by atoms with Crippen molar-refractivity contribution in [2.75, 3.05) is 32.5 Å². The van der Waals surface area contributed by atoms with Gasteiger partial charge in [0.1, 0.15) is 5.75 Å². The van der Waals surface area contributed by atoms with E-state index in [0.29, 0.717) is 24.4 Å². The van der Waals surface area contributed by atoms with Crippen LogP contribution in [0.4, 0.5) is 0 Å². The van der Waals surface area contributed by atoms with Crippen molar-refractivity contribution in [3.8, 4) is 5.75 Å². The first-order valence-corrected chi connectivity index (χ1v) is 9.54. The van der Waals surface area contributed by atoms with Crippen LogP contribution in [0.3, 0.4) is 0 Å². The molecule has 1 amide bonds. The van der Waals surface area contributed by atoms with Crippen LogP contribution in [-0.2, 0) is 10.0 Å². The lowest BCUT2D eigenvalue weighted by Crippen LogP contribution is -2.38. The first-order chi connectivity index (χ1) is 11.0. The fourth-order valence-electron chi connectivity index (χ4n) is 2.67. The summed E-state index contributed by atoms with van der Waals surface area (Å²) in [6.07, 6.45) is 3.98. The number of benzene rings is 1. The molecule has 1 aromatic rings. The van der Waals surface area contributed by atoms with E-state index in [1.54, 1.807) is 28.6 Å². The van der Waals surface area contributed by atoms with Crippen LogP contribution in [0.2, 0.25) is 0 Å². The van der Waals surface area contributed by atoms with E-state index < -0.39 is 10.0 Å². The Morgan fingerprint density at radius 1 is 1.17 bits per heavy atom. The van der Waals surface area contributed by atoms with Gasteiger partial charge in [-0.2, -0.15) is 0 Å². The molecule has 1 aliphatic heterocycles. The molecule has 1 aliphatic rings. The molecule has 1 aromatic carbocycles. The SMILES string of the molecule is COc1ccccc1C(=O)NCCS(=O)(=O)N1CCCCCC1. The minimum absolute atomic E-state index is 0.0755. The van der Waals surface area contributed by atoms with Gasteiger partial charge in [-0.05, 0) is 25.0 Å². The van der Waals surface area contributed by atoms with Gasteiger partial charge < -0.3 is 10.1 Å². The molecule has 0 saturated carbocycles. The van der Waals surface area contributed by atoms with Crippen LogP contribution in [0, 0.1) is 0 Å². The summed E-state index contributed by atoms with van der Waals surface area (Å²) in [5, 5.41) is 2.66. The largest absolute Gasteiger partial charge is 0.496 e. The summed E-state index contributed by atoms with van der Waals surface area (Å²) in [7, 11) is -1.82. The number of carbonyl (C=O) groups is 1. The molecule has 0 spiro atoms. The highest BCUT2D eigenvalue weighted by Gasteiger charge is 2.23. The minimum Gasteiger partial charge on any atom is -0.496 e. The van der Waals surface area contributed by atoms with E-state index in [4.69, 9.17) is 4.74 Å². The third-order valence-electron chi connectivity index (χ3n) is 3.96. The number of ether oxygens (including phenoxy) is 1. The van der Waals surface area contributed by atoms with Crippen molar-refractivity contribution in [3.05, 3.63) is 29.8 Å². The van der Waals surface area contributed by atoms with Crippen molar-refractivity contribution in [2.24, 2.45) is 0 Å². The maximum atomic E-state index is 12.3. The van der Waals surface area contributed by atoms with E-state index in [1.165, 1.54) is 7.11 Å². The van der Waals surface area contributed by atoms with Crippen LogP contribution in [-0.4, -0.2) is 51.1 Å². The zero-order valence-corrected chi connectivity index (χ0v) is 14.3. The number of nitrogens with zero attached hydrogens (tertiary/aromatic N) is 1. The summed E-state index contributed by atoms with van der Waals surface area (Å²) >= 11 is 0. The van der Waals surface area contributed by atoms with Gasteiger partial charge >= 0.3 is 0 Å². The molecule has 6 nitrogen and oxygen atoms in total. The molecule has 2 rings (SSSR count). The van der Waals surface area contributed by atoms with Gasteiger partial charge in [-0.3, -0.25) is 4.79 Å². The van der Waals surface area contributed by atoms with Crippen molar-refractivity contribution in [1.82, 2.24) is 9.62 Å². The lowest BCUT2D eigenvalue weighted by Gasteiger charge is -2.20. The Morgan fingerprint density at radius 2 is 1.83 bits per heavy atom. The zero-order chi connectivity index (χ0) is 16.7. The summed E-state index contributed by atoms with van der Waals surface area (Å²) < 4.78 is 31.3. The highest BCUT2D eigenvalue weighted by Crippen LogP contribution is 2.17. The number of amides is 1. The minimum atomic E-state index is -3.31. The second kappa shape index (κ2) is 8.31. The first kappa shape index (κ1) is 17.7. The molecule has 128 valence electrons. The van der Waals surface area contributed by atoms with Gasteiger partial charge in [-0.15, -0.1) is 0 Å². The summed E-state index contributed by atoms with van der Waals surface area (Å²) in [5.74, 6) is 0.0716. The van der Waals surface area contributed by atoms with Gasteiger partial charge in [0.25, 0.3) is 5.91 Å². The number of para-hydroxylation sites is 1. The summed E-state index contributed by atoms with van der Waals surface area (Å²) in [5.41, 5.74) is 0.405. The molecule has 0 radical (unpaired) electrons. The predicted octanol–water partition coefficient (Wildman–Crippen LogP) is 1.63. The maximum Gasteiger partial charge on any atom is 0.255 e. The van der Waals surface area contributed by atoms with Gasteiger partial charge in [0.2, 0.25) is 10.0 Å². The topological polar surface area (TPSA) is 75.7 Å². The molecular weight excluding hydrogens is 316 g/mol. The third kappa shape index (κ3) is 4.94. The molecule has 1 N–H and O–H groups in total. The van der Waals surface area contributed by atoms with E-state index in [-0.39, 0.29) is 18.2 Å². The van der Waals surface area contributed by atoms with E-state index in [2.05, 4.69) is 5.32 Å². The Labute approximate surface area is 137 Å². The Kier molecular flexibility index (Phi) is 6.41. The molecule has 1 heterocycles. The Bertz CT molecular complexity index is 623. The molecule has 7 heteroatoms. The third-order valence-corrected chi connectivity index (χ3v) is 5.83. The van der Waals surface area contributed by atoms with Crippen molar-refractivity contribution < 1.29 is 17.9 Å². The lowest BCUT2D eigenvalue weighted by molar-refractivity contribution is 0.0953. The molecule has 23 heavy (non-hydrogen) atoms. The number of carbonyl (C=O) groups excluding carboxylic acids is 1. The standard InChI is InChI=1S/C16H24N2O4S/c1-22-15-9-5-4-8-14(15)16(19)17-10-13-23(20,21)18-11-6-2-3-7-12-18/h4-5,8-9H,2-3,6-7,10-13H2,1H3,(H,17,19). The fourth-order valence-corrected chi connectivity index (χ4v) is 4.10. The number of methoxy groups -OCH3 is 1. The molecule has 0 bridgehead atoms. The highest BCUT2D eigenvalue weighted by molar-refractivity contribution is 7.89. The second-order valence-electron chi connectivity index (χ2n) is 5.59. The summed E-state index contributed by atoms with van der Waals surface area (Å²) in [6, 6.07) is 6.87. The summed E-state index contributed by atoms with van der Waals surface area (Å²) in [6.45, 7) is 1.27.